The summed E-state index contributed by atoms with van der Waals surface area (Å²) in [5.41, 5.74) is 1.93. The first-order valence-electron chi connectivity index (χ1n) is 7.25. The van der Waals surface area contributed by atoms with Gasteiger partial charge in [-0.15, -0.1) is 10.2 Å². The van der Waals surface area contributed by atoms with Crippen LogP contribution in [0.15, 0.2) is 57.8 Å². The van der Waals surface area contributed by atoms with Gasteiger partial charge < -0.3 is 9.15 Å². The van der Waals surface area contributed by atoms with Crippen molar-refractivity contribution < 1.29 is 17.6 Å². The van der Waals surface area contributed by atoms with E-state index in [2.05, 4.69) is 10.2 Å². The molecule has 1 aromatic heterocycles. The Morgan fingerprint density at radius 2 is 1.75 bits per heavy atom. The number of hydrogen-bond donors (Lipinski definition) is 0. The van der Waals surface area contributed by atoms with Crippen molar-refractivity contribution in [1.82, 2.24) is 10.2 Å². The van der Waals surface area contributed by atoms with E-state index < -0.39 is 9.84 Å². The Hall–Kier alpha value is -2.67. The van der Waals surface area contributed by atoms with Crippen LogP contribution < -0.4 is 4.74 Å². The Bertz CT molecular complexity index is 947. The molecule has 7 heteroatoms. The van der Waals surface area contributed by atoms with Gasteiger partial charge >= 0.3 is 0 Å². The van der Waals surface area contributed by atoms with E-state index in [4.69, 9.17) is 9.15 Å². The van der Waals surface area contributed by atoms with Crippen LogP contribution in [0.3, 0.4) is 0 Å². The van der Waals surface area contributed by atoms with Crippen molar-refractivity contribution >= 4 is 9.84 Å². The highest BCUT2D eigenvalue weighted by Gasteiger charge is 2.11. The molecule has 0 aliphatic carbocycles. The fraction of sp³-hybridized carbons (Fsp3) is 0.176. The summed E-state index contributed by atoms with van der Waals surface area (Å²) in [6.45, 7) is 2.08. The van der Waals surface area contributed by atoms with E-state index in [1.54, 1.807) is 12.1 Å². The molecule has 0 fully saturated rings. The maximum absolute atomic E-state index is 11.4. The second kappa shape index (κ2) is 6.45. The lowest BCUT2D eigenvalue weighted by molar-refractivity contribution is 0.264. The van der Waals surface area contributed by atoms with E-state index in [0.717, 1.165) is 17.4 Å². The van der Waals surface area contributed by atoms with Gasteiger partial charge in [-0.3, -0.25) is 0 Å². The van der Waals surface area contributed by atoms with E-state index in [9.17, 15) is 8.42 Å². The van der Waals surface area contributed by atoms with Crippen molar-refractivity contribution in [3.05, 3.63) is 60.0 Å². The molecule has 1 heterocycles. The molecular formula is C17H16N2O4S. The maximum atomic E-state index is 11.4. The van der Waals surface area contributed by atoms with Crippen molar-refractivity contribution in [3.63, 3.8) is 0 Å². The zero-order valence-electron chi connectivity index (χ0n) is 13.3. The fourth-order valence-electron chi connectivity index (χ4n) is 2.16. The number of hydrogen-bond acceptors (Lipinski definition) is 6. The lowest BCUT2D eigenvalue weighted by Gasteiger charge is -2.04. The minimum absolute atomic E-state index is 0.108. The summed E-state index contributed by atoms with van der Waals surface area (Å²) in [6, 6.07) is 13.9. The van der Waals surface area contributed by atoms with Crippen LogP contribution >= 0.6 is 0 Å². The number of sulfone groups is 1. The summed E-state index contributed by atoms with van der Waals surface area (Å²) in [5.74, 6) is 1.32. The number of ether oxygens (including phenoxy) is 1. The Morgan fingerprint density at radius 1 is 1.04 bits per heavy atom. The molecule has 0 bridgehead atoms. The average Bonchev–Trinajstić information content (AvgIpc) is 3.02. The minimum atomic E-state index is -3.21. The number of rotatable bonds is 5. The van der Waals surface area contributed by atoms with Crippen LogP contribution in [0.25, 0.3) is 11.5 Å². The van der Waals surface area contributed by atoms with Gasteiger partial charge in [-0.2, -0.15) is 0 Å². The Kier molecular flexibility index (Phi) is 4.35. The first-order valence-corrected chi connectivity index (χ1v) is 9.14. The summed E-state index contributed by atoms with van der Waals surface area (Å²) in [4.78, 5) is 0.245. The molecule has 0 N–H and O–H groups in total. The molecule has 24 heavy (non-hydrogen) atoms. The van der Waals surface area contributed by atoms with Crippen molar-refractivity contribution in [2.24, 2.45) is 0 Å². The lowest BCUT2D eigenvalue weighted by Crippen LogP contribution is -1.98. The van der Waals surface area contributed by atoms with Gasteiger partial charge in [-0.25, -0.2) is 8.42 Å². The summed E-state index contributed by atoms with van der Waals surface area (Å²) >= 11 is 0. The highest BCUT2D eigenvalue weighted by atomic mass is 32.2. The number of aromatic nitrogens is 2. The molecule has 3 aromatic rings. The SMILES string of the molecule is Cc1ccccc1-c1nnc(COc2ccc(S(C)(=O)=O)cc2)o1. The molecule has 0 spiro atoms. The molecule has 3 rings (SSSR count). The van der Waals surface area contributed by atoms with Gasteiger partial charge in [0.1, 0.15) is 5.75 Å². The van der Waals surface area contributed by atoms with Crippen molar-refractivity contribution in [2.45, 2.75) is 18.4 Å². The van der Waals surface area contributed by atoms with Crippen LogP contribution in [-0.4, -0.2) is 24.9 Å². The first-order chi connectivity index (χ1) is 11.4. The van der Waals surface area contributed by atoms with E-state index >= 15 is 0 Å². The van der Waals surface area contributed by atoms with Crippen molar-refractivity contribution in [1.29, 1.82) is 0 Å². The molecule has 0 unspecified atom stereocenters. The largest absolute Gasteiger partial charge is 0.484 e. The number of nitrogens with zero attached hydrogens (tertiary/aromatic N) is 2. The second-order valence-corrected chi connectivity index (χ2v) is 7.36. The van der Waals surface area contributed by atoms with E-state index in [1.165, 1.54) is 12.1 Å². The van der Waals surface area contributed by atoms with E-state index in [1.807, 2.05) is 31.2 Å². The predicted octanol–water partition coefficient (Wildman–Crippen LogP) is 3.03. The van der Waals surface area contributed by atoms with E-state index in [0.29, 0.717) is 17.5 Å². The Morgan fingerprint density at radius 3 is 2.42 bits per heavy atom. The zero-order valence-corrected chi connectivity index (χ0v) is 14.1. The summed E-state index contributed by atoms with van der Waals surface area (Å²) in [5, 5.41) is 8.00. The third-order valence-corrected chi connectivity index (χ3v) is 4.58. The first kappa shape index (κ1) is 16.2. The lowest BCUT2D eigenvalue weighted by atomic mass is 10.1. The molecule has 0 radical (unpaired) electrons. The maximum Gasteiger partial charge on any atom is 0.254 e. The molecule has 2 aromatic carbocycles. The van der Waals surface area contributed by atoms with Gasteiger partial charge in [0.2, 0.25) is 5.89 Å². The topological polar surface area (TPSA) is 82.3 Å². The third-order valence-electron chi connectivity index (χ3n) is 3.46. The van der Waals surface area contributed by atoms with Crippen LogP contribution in [-0.2, 0) is 16.4 Å². The minimum Gasteiger partial charge on any atom is -0.484 e. The molecule has 6 nitrogen and oxygen atoms in total. The van der Waals surface area contributed by atoms with Crippen LogP contribution in [0.1, 0.15) is 11.5 Å². The highest BCUT2D eigenvalue weighted by Crippen LogP contribution is 2.22. The normalized spacial score (nSPS) is 11.4. The van der Waals surface area contributed by atoms with Crippen molar-refractivity contribution in [3.8, 4) is 17.2 Å². The molecule has 0 saturated carbocycles. The van der Waals surface area contributed by atoms with Crippen molar-refractivity contribution in [2.75, 3.05) is 6.26 Å². The smallest absolute Gasteiger partial charge is 0.254 e. The molecule has 124 valence electrons. The summed E-state index contributed by atoms with van der Waals surface area (Å²) in [7, 11) is -3.21. The second-order valence-electron chi connectivity index (χ2n) is 5.35. The van der Waals surface area contributed by atoms with Crippen LogP contribution in [0, 0.1) is 6.92 Å². The zero-order chi connectivity index (χ0) is 17.2. The van der Waals surface area contributed by atoms with Gasteiger partial charge in [-0.1, -0.05) is 18.2 Å². The van der Waals surface area contributed by atoms with Crippen LogP contribution in [0.5, 0.6) is 5.75 Å². The predicted molar refractivity (Wildman–Crippen MR) is 88.4 cm³/mol. The monoisotopic (exact) mass is 344 g/mol. The highest BCUT2D eigenvalue weighted by molar-refractivity contribution is 7.90. The van der Waals surface area contributed by atoms with Gasteiger partial charge in [0.25, 0.3) is 5.89 Å². The summed E-state index contributed by atoms with van der Waals surface area (Å²) in [6.07, 6.45) is 1.16. The molecule has 0 aliphatic rings. The molecular weight excluding hydrogens is 328 g/mol. The Labute approximate surface area is 140 Å². The molecule has 0 atom stereocenters. The van der Waals surface area contributed by atoms with Crippen LogP contribution in [0.2, 0.25) is 0 Å². The van der Waals surface area contributed by atoms with Gasteiger partial charge in [-0.05, 0) is 42.8 Å². The van der Waals surface area contributed by atoms with Gasteiger partial charge in [0, 0.05) is 11.8 Å². The fourth-order valence-corrected chi connectivity index (χ4v) is 2.79. The Balaban J connectivity index is 1.69. The molecule has 0 saturated heterocycles. The standard InChI is InChI=1S/C17H16N2O4S/c1-12-5-3-4-6-15(12)17-19-18-16(23-17)11-22-13-7-9-14(10-8-13)24(2,20)21/h3-10H,11H2,1-2H3. The summed E-state index contributed by atoms with van der Waals surface area (Å²) < 4.78 is 34.0. The quantitative estimate of drug-likeness (QED) is 0.707. The third kappa shape index (κ3) is 3.62. The van der Waals surface area contributed by atoms with Gasteiger partial charge in [0.15, 0.2) is 16.4 Å². The number of benzene rings is 2. The van der Waals surface area contributed by atoms with Gasteiger partial charge in [0.05, 0.1) is 4.90 Å². The molecule has 0 aliphatic heterocycles. The number of aryl methyl sites for hydroxylation is 1. The van der Waals surface area contributed by atoms with Crippen LogP contribution in [0.4, 0.5) is 0 Å². The van der Waals surface area contributed by atoms with E-state index in [-0.39, 0.29) is 11.5 Å². The molecule has 0 amide bonds. The average molecular weight is 344 g/mol.